The summed E-state index contributed by atoms with van der Waals surface area (Å²) < 4.78 is 17.8. The van der Waals surface area contributed by atoms with E-state index in [1.54, 1.807) is 0 Å². The first-order chi connectivity index (χ1) is 24.1. The van der Waals surface area contributed by atoms with E-state index in [2.05, 4.69) is 93.2 Å². The Morgan fingerprint density at radius 2 is 1.24 bits per heavy atom. The second kappa shape index (κ2) is 30.0. The van der Waals surface area contributed by atoms with Crippen LogP contribution in [0.1, 0.15) is 192 Å². The van der Waals surface area contributed by atoms with E-state index >= 15 is 0 Å². The van der Waals surface area contributed by atoms with Gasteiger partial charge in [-0.3, -0.25) is 9.59 Å². The average Bonchev–Trinajstić information content (AvgIpc) is 3.03. The van der Waals surface area contributed by atoms with Crippen LogP contribution in [0.5, 0.6) is 0 Å². The number of likely N-dealkylation sites (N-methyl/N-ethyl adjacent to an activating group) is 1. The van der Waals surface area contributed by atoms with Gasteiger partial charge < -0.3 is 19.1 Å². The number of rotatable bonds is 32. The minimum Gasteiger partial charge on any atom is -0.461 e. The molecule has 0 rings (SSSR count). The lowest BCUT2D eigenvalue weighted by molar-refractivity contribution is -0.166. The van der Waals surface area contributed by atoms with Crippen molar-refractivity contribution in [2.45, 2.75) is 198 Å². The van der Waals surface area contributed by atoms with Crippen molar-refractivity contribution in [3.63, 3.8) is 0 Å². The van der Waals surface area contributed by atoms with Crippen molar-refractivity contribution in [3.05, 3.63) is 12.2 Å². The van der Waals surface area contributed by atoms with Crippen LogP contribution in [0.4, 0.5) is 0 Å². The molecule has 0 N–H and O–H groups in total. The van der Waals surface area contributed by atoms with Crippen LogP contribution < -0.4 is 0 Å². The summed E-state index contributed by atoms with van der Waals surface area (Å²) in [6.45, 7) is 28.1. The maximum atomic E-state index is 13.7. The molecule has 0 aromatic rings. The van der Waals surface area contributed by atoms with Crippen LogP contribution in [0, 0.1) is 28.6 Å². The first-order valence-corrected chi connectivity index (χ1v) is 21.4. The minimum atomic E-state index is -0.598. The first-order valence-electron chi connectivity index (χ1n) is 21.4. The van der Waals surface area contributed by atoms with Gasteiger partial charge in [-0.15, -0.1) is 0 Å². The highest BCUT2D eigenvalue weighted by molar-refractivity contribution is 5.73. The van der Waals surface area contributed by atoms with Gasteiger partial charge in [-0.25, -0.2) is 0 Å². The molecule has 51 heavy (non-hydrogen) atoms. The lowest BCUT2D eigenvalue weighted by Gasteiger charge is -2.30. The molecule has 0 aromatic heterocycles. The lowest BCUT2D eigenvalue weighted by atomic mass is 9.76. The Morgan fingerprint density at radius 1 is 0.686 bits per heavy atom. The predicted molar refractivity (Wildman–Crippen MR) is 218 cm³/mol. The van der Waals surface area contributed by atoms with Crippen molar-refractivity contribution >= 4 is 11.9 Å². The zero-order chi connectivity index (χ0) is 38.5. The molecule has 0 radical (unpaired) electrons. The van der Waals surface area contributed by atoms with E-state index in [1.807, 2.05) is 0 Å². The van der Waals surface area contributed by atoms with E-state index in [-0.39, 0.29) is 47.8 Å². The molecule has 6 nitrogen and oxygen atoms in total. The van der Waals surface area contributed by atoms with Crippen LogP contribution >= 0.6 is 0 Å². The third-order valence-electron chi connectivity index (χ3n) is 9.96. The number of hydrogen-bond donors (Lipinski definition) is 0. The molecule has 4 unspecified atom stereocenters. The quantitative estimate of drug-likeness (QED) is 0.0391. The number of ether oxygens (including phenoxy) is 3. The molecule has 0 fully saturated rings. The molecule has 0 aliphatic heterocycles. The molecule has 302 valence electrons. The maximum Gasteiger partial charge on any atom is 0.309 e. The van der Waals surface area contributed by atoms with E-state index in [0.717, 1.165) is 71.0 Å². The molecule has 4 atom stereocenters. The summed E-state index contributed by atoms with van der Waals surface area (Å²) in [4.78, 5) is 28.9. The second-order valence-corrected chi connectivity index (χ2v) is 18.0. The average molecular weight is 722 g/mol. The Morgan fingerprint density at radius 3 is 1.78 bits per heavy atom. The Balaban J connectivity index is 4.94. The predicted octanol–water partition coefficient (Wildman–Crippen LogP) is 12.4. The van der Waals surface area contributed by atoms with Crippen molar-refractivity contribution in [3.8, 4) is 0 Å². The Bertz CT molecular complexity index is 869. The molecule has 0 aliphatic carbocycles. The second-order valence-electron chi connectivity index (χ2n) is 18.0. The third kappa shape index (κ3) is 30.7. The zero-order valence-electron chi connectivity index (χ0n) is 35.9. The fourth-order valence-electron chi connectivity index (χ4n) is 7.29. The molecule has 0 amide bonds. The topological polar surface area (TPSA) is 65.1 Å². The van der Waals surface area contributed by atoms with Gasteiger partial charge >= 0.3 is 11.9 Å². The molecule has 6 heteroatoms. The summed E-state index contributed by atoms with van der Waals surface area (Å²) in [6, 6.07) is 0. The van der Waals surface area contributed by atoms with E-state index < -0.39 is 6.10 Å². The SMILES string of the molecule is CCCCCCCC/C=C\CCCCCCCC(=O)OC(COCCN(CC)CC)COC(=O)C(CCC(C)CC(C)(C)C)C(C)CC(C)(C)C. The van der Waals surface area contributed by atoms with Crippen molar-refractivity contribution in [1.29, 1.82) is 0 Å². The smallest absolute Gasteiger partial charge is 0.309 e. The Hall–Kier alpha value is -1.40. The summed E-state index contributed by atoms with van der Waals surface area (Å²) in [5.41, 5.74) is 0.384. The molecule has 0 heterocycles. The van der Waals surface area contributed by atoms with Crippen LogP contribution in [0.15, 0.2) is 12.2 Å². The van der Waals surface area contributed by atoms with Crippen molar-refractivity contribution in [2.24, 2.45) is 28.6 Å². The summed E-state index contributed by atoms with van der Waals surface area (Å²) in [5, 5.41) is 0. The van der Waals surface area contributed by atoms with E-state index in [9.17, 15) is 9.59 Å². The fraction of sp³-hybridized carbons (Fsp3) is 0.911. The summed E-state index contributed by atoms with van der Waals surface area (Å²) in [5.74, 6) is 0.159. The zero-order valence-corrected chi connectivity index (χ0v) is 35.9. The van der Waals surface area contributed by atoms with Crippen molar-refractivity contribution in [1.82, 2.24) is 4.90 Å². The van der Waals surface area contributed by atoms with Crippen molar-refractivity contribution in [2.75, 3.05) is 39.5 Å². The Labute approximate surface area is 318 Å². The van der Waals surface area contributed by atoms with Crippen LogP contribution in [0.3, 0.4) is 0 Å². The van der Waals surface area contributed by atoms with Crippen LogP contribution in [-0.2, 0) is 23.8 Å². The van der Waals surface area contributed by atoms with Gasteiger partial charge in [-0.1, -0.05) is 140 Å². The van der Waals surface area contributed by atoms with Gasteiger partial charge in [0.1, 0.15) is 6.61 Å². The normalized spacial score (nSPS) is 14.9. The fourth-order valence-corrected chi connectivity index (χ4v) is 7.29. The number of unbranched alkanes of at least 4 members (excludes halogenated alkanes) is 11. The molecule has 0 saturated heterocycles. The number of hydrogen-bond acceptors (Lipinski definition) is 6. The molecule has 0 spiro atoms. The number of nitrogens with zero attached hydrogens (tertiary/aromatic N) is 1. The third-order valence-corrected chi connectivity index (χ3v) is 9.96. The minimum absolute atomic E-state index is 0.0402. The van der Waals surface area contributed by atoms with Crippen LogP contribution in [-0.4, -0.2) is 62.4 Å². The summed E-state index contributed by atoms with van der Waals surface area (Å²) in [7, 11) is 0. The van der Waals surface area contributed by atoms with Crippen LogP contribution in [0.2, 0.25) is 0 Å². The number of esters is 2. The number of carbonyl (C=O) groups excluding carboxylic acids is 2. The first kappa shape index (κ1) is 49.6. The van der Waals surface area contributed by atoms with Gasteiger partial charge in [-0.05, 0) is 93.5 Å². The van der Waals surface area contributed by atoms with Gasteiger partial charge in [-0.2, -0.15) is 0 Å². The highest BCUT2D eigenvalue weighted by atomic mass is 16.6. The number of carbonyl (C=O) groups is 2. The van der Waals surface area contributed by atoms with E-state index in [4.69, 9.17) is 14.2 Å². The molecule has 0 aliphatic rings. The largest absolute Gasteiger partial charge is 0.461 e. The van der Waals surface area contributed by atoms with Gasteiger partial charge in [0.05, 0.1) is 19.1 Å². The van der Waals surface area contributed by atoms with Crippen molar-refractivity contribution < 1.29 is 23.8 Å². The van der Waals surface area contributed by atoms with Gasteiger partial charge in [0, 0.05) is 13.0 Å². The van der Waals surface area contributed by atoms with Gasteiger partial charge in [0.2, 0.25) is 0 Å². The highest BCUT2D eigenvalue weighted by Crippen LogP contribution is 2.34. The molecular formula is C45H87NO5. The summed E-state index contributed by atoms with van der Waals surface area (Å²) >= 11 is 0. The van der Waals surface area contributed by atoms with Gasteiger partial charge in [0.15, 0.2) is 6.10 Å². The molecular weight excluding hydrogens is 634 g/mol. The summed E-state index contributed by atoms with van der Waals surface area (Å²) in [6.07, 6.45) is 24.2. The van der Waals surface area contributed by atoms with Gasteiger partial charge in [0.25, 0.3) is 0 Å². The maximum absolute atomic E-state index is 13.7. The van der Waals surface area contributed by atoms with E-state index in [1.165, 1.54) is 57.8 Å². The molecule has 0 aromatic carbocycles. The van der Waals surface area contributed by atoms with Crippen LogP contribution in [0.25, 0.3) is 0 Å². The van der Waals surface area contributed by atoms with E-state index in [0.29, 0.717) is 18.9 Å². The highest BCUT2D eigenvalue weighted by Gasteiger charge is 2.31. The molecule has 0 saturated carbocycles. The standard InChI is InChI=1S/C45H87NO5/c1-12-15-16-17-18-19-20-21-22-23-24-25-26-27-28-29-42(47)51-40(36-49-33-32-46(13-2)14-3)37-50-43(48)41(39(5)35-45(9,10)11)31-30-38(4)34-44(6,7)8/h21-22,38-41H,12-20,23-37H2,1-11H3/b22-21-. The lowest BCUT2D eigenvalue weighted by Crippen LogP contribution is -2.34. The number of allylic oxidation sites excluding steroid dienone is 2. The monoisotopic (exact) mass is 722 g/mol. The Kier molecular flexibility index (Phi) is 29.2. The molecule has 0 bridgehead atoms.